The molecule has 0 unspecified atom stereocenters. The molecule has 1 amide bonds. The Kier molecular flexibility index (Phi) is 5.88. The summed E-state index contributed by atoms with van der Waals surface area (Å²) in [7, 11) is 3.05. The third-order valence-corrected chi connectivity index (χ3v) is 4.98. The van der Waals surface area contributed by atoms with Crippen molar-refractivity contribution >= 4 is 16.9 Å². The number of rotatable bonds is 7. The van der Waals surface area contributed by atoms with Gasteiger partial charge in [0.2, 0.25) is 0 Å². The van der Waals surface area contributed by atoms with Crippen LogP contribution in [0.2, 0.25) is 0 Å². The maximum Gasteiger partial charge on any atom is 0.412 e. The molecule has 0 aliphatic heterocycles. The number of fused-ring (bicyclic) bond motifs is 1. The Morgan fingerprint density at radius 2 is 1.81 bits per heavy atom. The minimum atomic E-state index is -0.529. The molecule has 0 spiro atoms. The van der Waals surface area contributed by atoms with Crippen molar-refractivity contribution in [2.75, 3.05) is 20.8 Å². The van der Waals surface area contributed by atoms with Gasteiger partial charge in [-0.3, -0.25) is 4.79 Å². The summed E-state index contributed by atoms with van der Waals surface area (Å²) in [5.41, 5.74) is -0.116. The Labute approximate surface area is 158 Å². The third-order valence-electron chi connectivity index (χ3n) is 4.98. The average Bonchev–Trinajstić information content (AvgIpc) is 2.63. The van der Waals surface area contributed by atoms with Crippen LogP contribution < -0.4 is 25.1 Å². The van der Waals surface area contributed by atoms with Gasteiger partial charge in [0.05, 0.1) is 25.8 Å². The molecule has 0 atom stereocenters. The molecule has 1 aliphatic carbocycles. The van der Waals surface area contributed by atoms with E-state index in [9.17, 15) is 9.59 Å². The number of benzene rings is 1. The van der Waals surface area contributed by atoms with Crippen molar-refractivity contribution in [3.63, 3.8) is 0 Å². The van der Waals surface area contributed by atoms with Gasteiger partial charge >= 0.3 is 6.09 Å². The van der Waals surface area contributed by atoms with E-state index in [2.05, 4.69) is 12.2 Å². The minimum absolute atomic E-state index is 0.116. The minimum Gasteiger partial charge on any atom is -0.493 e. The molecule has 3 rings (SSSR count). The fraction of sp³-hybridized carbons (Fsp3) is 0.500. The van der Waals surface area contributed by atoms with Gasteiger partial charge in [0.15, 0.2) is 17.2 Å². The lowest BCUT2D eigenvalue weighted by molar-refractivity contribution is 0.200. The SMILES string of the molecule is CCCCNC(=O)Oc1cn(C2CCC2)c(=O)c2cc(OC)c(OC)cc12. The van der Waals surface area contributed by atoms with Gasteiger partial charge in [0, 0.05) is 18.0 Å². The molecule has 1 heterocycles. The molecule has 7 heteroatoms. The smallest absolute Gasteiger partial charge is 0.412 e. The largest absolute Gasteiger partial charge is 0.493 e. The van der Waals surface area contributed by atoms with Crippen molar-refractivity contribution in [2.45, 2.75) is 45.1 Å². The zero-order chi connectivity index (χ0) is 19.4. The molecule has 0 radical (unpaired) electrons. The molecule has 1 aliphatic rings. The van der Waals surface area contributed by atoms with E-state index in [1.54, 1.807) is 22.9 Å². The molecule has 1 aromatic heterocycles. The molecule has 27 heavy (non-hydrogen) atoms. The summed E-state index contributed by atoms with van der Waals surface area (Å²) < 4.78 is 17.9. The second-order valence-electron chi connectivity index (χ2n) is 6.71. The van der Waals surface area contributed by atoms with Crippen molar-refractivity contribution in [3.05, 3.63) is 28.7 Å². The number of hydrogen-bond donors (Lipinski definition) is 1. The van der Waals surface area contributed by atoms with E-state index in [0.29, 0.717) is 34.6 Å². The second kappa shape index (κ2) is 8.33. The van der Waals surface area contributed by atoms with Gasteiger partial charge < -0.3 is 24.1 Å². The molecule has 1 N–H and O–H groups in total. The normalized spacial score (nSPS) is 13.9. The molecule has 146 valence electrons. The maximum atomic E-state index is 13.0. The maximum absolute atomic E-state index is 13.0. The number of carbonyl (C=O) groups is 1. The fourth-order valence-electron chi connectivity index (χ4n) is 3.17. The van der Waals surface area contributed by atoms with Crippen LogP contribution in [0.5, 0.6) is 17.2 Å². The van der Waals surface area contributed by atoms with E-state index in [1.165, 1.54) is 14.2 Å². The molecular weight excluding hydrogens is 348 g/mol. The van der Waals surface area contributed by atoms with Crippen LogP contribution in [0.1, 0.15) is 45.1 Å². The summed E-state index contributed by atoms with van der Waals surface area (Å²) in [6, 6.07) is 3.46. The first-order valence-corrected chi connectivity index (χ1v) is 9.35. The van der Waals surface area contributed by atoms with Crippen molar-refractivity contribution in [1.82, 2.24) is 9.88 Å². The number of hydrogen-bond acceptors (Lipinski definition) is 5. The molecule has 1 fully saturated rings. The van der Waals surface area contributed by atoms with Crippen LogP contribution in [-0.4, -0.2) is 31.4 Å². The van der Waals surface area contributed by atoms with E-state index < -0.39 is 6.09 Å². The van der Waals surface area contributed by atoms with Crippen molar-refractivity contribution in [3.8, 4) is 17.2 Å². The molecule has 1 aromatic carbocycles. The standard InChI is InChI=1S/C20H26N2O5/c1-4-5-9-21-20(24)27-18-12-22(13-7-6-8-13)19(23)15-11-17(26-3)16(25-2)10-14(15)18/h10-13H,4-9H2,1-3H3,(H,21,24). The van der Waals surface area contributed by atoms with Crippen molar-refractivity contribution in [1.29, 1.82) is 0 Å². The first-order valence-electron chi connectivity index (χ1n) is 9.35. The summed E-state index contributed by atoms with van der Waals surface area (Å²) >= 11 is 0. The Morgan fingerprint density at radius 1 is 1.15 bits per heavy atom. The van der Waals surface area contributed by atoms with Gasteiger partial charge in [-0.05, 0) is 37.8 Å². The number of aromatic nitrogens is 1. The van der Waals surface area contributed by atoms with Crippen LogP contribution in [0.25, 0.3) is 10.8 Å². The van der Waals surface area contributed by atoms with Crippen LogP contribution >= 0.6 is 0 Å². The monoisotopic (exact) mass is 374 g/mol. The predicted molar refractivity (Wildman–Crippen MR) is 103 cm³/mol. The van der Waals surface area contributed by atoms with Crippen molar-refractivity contribution < 1.29 is 19.0 Å². The highest BCUT2D eigenvalue weighted by molar-refractivity contribution is 5.92. The number of nitrogens with zero attached hydrogens (tertiary/aromatic N) is 1. The summed E-state index contributed by atoms with van der Waals surface area (Å²) in [6.07, 6.45) is 5.95. The van der Waals surface area contributed by atoms with Gasteiger partial charge in [-0.2, -0.15) is 0 Å². The first-order chi connectivity index (χ1) is 13.1. The van der Waals surface area contributed by atoms with Gasteiger partial charge in [0.25, 0.3) is 5.56 Å². The number of carbonyl (C=O) groups excluding carboxylic acids is 1. The van der Waals surface area contributed by atoms with E-state index >= 15 is 0 Å². The highest BCUT2D eigenvalue weighted by atomic mass is 16.6. The lowest BCUT2D eigenvalue weighted by Crippen LogP contribution is -2.31. The summed E-state index contributed by atoms with van der Waals surface area (Å²) in [4.78, 5) is 25.2. The van der Waals surface area contributed by atoms with Gasteiger partial charge in [-0.1, -0.05) is 13.3 Å². The lowest BCUT2D eigenvalue weighted by Gasteiger charge is -2.28. The number of methoxy groups -OCH3 is 2. The number of nitrogens with one attached hydrogen (secondary N) is 1. The number of ether oxygens (including phenoxy) is 3. The summed E-state index contributed by atoms with van der Waals surface area (Å²) in [6.45, 7) is 2.60. The van der Waals surface area contributed by atoms with E-state index in [4.69, 9.17) is 14.2 Å². The number of amides is 1. The molecule has 0 saturated heterocycles. The highest BCUT2D eigenvalue weighted by Gasteiger charge is 2.24. The predicted octanol–water partition coefficient (Wildman–Crippen LogP) is 3.63. The molecule has 7 nitrogen and oxygen atoms in total. The zero-order valence-corrected chi connectivity index (χ0v) is 16.0. The average molecular weight is 374 g/mol. The Balaban J connectivity index is 2.07. The quantitative estimate of drug-likeness (QED) is 0.749. The Hall–Kier alpha value is -2.70. The highest BCUT2D eigenvalue weighted by Crippen LogP contribution is 2.37. The van der Waals surface area contributed by atoms with E-state index in [1.807, 2.05) is 0 Å². The van der Waals surface area contributed by atoms with Crippen LogP contribution in [0.15, 0.2) is 23.1 Å². The Bertz CT molecular complexity index is 886. The Morgan fingerprint density at radius 3 is 2.37 bits per heavy atom. The van der Waals surface area contributed by atoms with Crippen LogP contribution in [0.3, 0.4) is 0 Å². The molecule has 1 saturated carbocycles. The molecule has 0 bridgehead atoms. The van der Waals surface area contributed by atoms with Crippen LogP contribution in [-0.2, 0) is 0 Å². The topological polar surface area (TPSA) is 78.8 Å². The molecule has 2 aromatic rings. The third kappa shape index (κ3) is 3.86. The first kappa shape index (κ1) is 19.1. The lowest BCUT2D eigenvalue weighted by atomic mass is 9.92. The second-order valence-corrected chi connectivity index (χ2v) is 6.71. The van der Waals surface area contributed by atoms with E-state index in [0.717, 1.165) is 32.1 Å². The van der Waals surface area contributed by atoms with Gasteiger partial charge in [-0.25, -0.2) is 4.79 Å². The van der Waals surface area contributed by atoms with Crippen molar-refractivity contribution in [2.24, 2.45) is 0 Å². The summed E-state index contributed by atoms with van der Waals surface area (Å²) in [5, 5.41) is 3.70. The molecular formula is C20H26N2O5. The van der Waals surface area contributed by atoms with Gasteiger partial charge in [-0.15, -0.1) is 0 Å². The number of unbranched alkanes of at least 4 members (excludes halogenated alkanes) is 1. The number of pyridine rings is 1. The van der Waals surface area contributed by atoms with Gasteiger partial charge in [0.1, 0.15) is 0 Å². The zero-order valence-electron chi connectivity index (χ0n) is 16.0. The van der Waals surface area contributed by atoms with Crippen LogP contribution in [0, 0.1) is 0 Å². The summed E-state index contributed by atoms with van der Waals surface area (Å²) in [5.74, 6) is 1.28. The van der Waals surface area contributed by atoms with E-state index in [-0.39, 0.29) is 11.6 Å². The van der Waals surface area contributed by atoms with Crippen LogP contribution in [0.4, 0.5) is 4.79 Å². The fourth-order valence-corrected chi connectivity index (χ4v) is 3.17.